The molecule has 3 aromatic rings. The molecule has 2 fully saturated rings. The molecule has 0 radical (unpaired) electrons. The van der Waals surface area contributed by atoms with E-state index in [9.17, 15) is 4.79 Å². The van der Waals surface area contributed by atoms with Gasteiger partial charge in [0.2, 0.25) is 5.91 Å². The molecule has 7 nitrogen and oxygen atoms in total. The molecule has 0 atom stereocenters. The molecule has 5 rings (SSSR count). The van der Waals surface area contributed by atoms with Crippen molar-refractivity contribution in [3.05, 3.63) is 66.4 Å². The lowest BCUT2D eigenvalue weighted by molar-refractivity contribution is -0.116. The van der Waals surface area contributed by atoms with Crippen LogP contribution in [0.2, 0.25) is 0 Å². The van der Waals surface area contributed by atoms with Crippen LogP contribution in [0.4, 0.5) is 17.1 Å². The van der Waals surface area contributed by atoms with E-state index in [1.165, 1.54) is 0 Å². The molecule has 0 spiro atoms. The monoisotopic (exact) mass is 461 g/mol. The first-order valence-electron chi connectivity index (χ1n) is 12.0. The number of nitrogens with one attached hydrogen (secondary N) is 1. The van der Waals surface area contributed by atoms with E-state index in [1.807, 2.05) is 48.5 Å². The second-order valence-electron chi connectivity index (χ2n) is 8.58. The van der Waals surface area contributed by atoms with Crippen molar-refractivity contribution in [2.75, 3.05) is 67.7 Å². The fourth-order valence-corrected chi connectivity index (χ4v) is 4.43. The maximum Gasteiger partial charge on any atom is 0.224 e. The molecular formula is C27H31N3O4. The van der Waals surface area contributed by atoms with Gasteiger partial charge in [-0.1, -0.05) is 30.3 Å². The number of rotatable bonds is 7. The summed E-state index contributed by atoms with van der Waals surface area (Å²) in [6.45, 7) is 6.24. The second-order valence-corrected chi connectivity index (χ2v) is 8.58. The number of ether oxygens (including phenoxy) is 2. The van der Waals surface area contributed by atoms with Gasteiger partial charge in [0.25, 0.3) is 0 Å². The highest BCUT2D eigenvalue weighted by atomic mass is 16.5. The molecule has 1 N–H and O–H groups in total. The van der Waals surface area contributed by atoms with Gasteiger partial charge in [-0.15, -0.1) is 0 Å². The summed E-state index contributed by atoms with van der Waals surface area (Å²) in [5.74, 6) is 1.61. The van der Waals surface area contributed by atoms with Gasteiger partial charge in [0, 0.05) is 50.3 Å². The van der Waals surface area contributed by atoms with Gasteiger partial charge in [0.1, 0.15) is 11.5 Å². The molecule has 2 aromatic carbocycles. The minimum Gasteiger partial charge on any atom is -0.461 e. The zero-order valence-electron chi connectivity index (χ0n) is 19.4. The van der Waals surface area contributed by atoms with E-state index in [-0.39, 0.29) is 5.91 Å². The summed E-state index contributed by atoms with van der Waals surface area (Å²) >= 11 is 0. The fraction of sp³-hybridized carbons (Fsp3) is 0.370. The summed E-state index contributed by atoms with van der Waals surface area (Å²) in [5.41, 5.74) is 4.08. The Hall–Kier alpha value is -3.29. The van der Waals surface area contributed by atoms with Crippen LogP contribution >= 0.6 is 0 Å². The standard InChI is InChI=1S/C27H31N3O4/c31-27(11-8-23-7-10-26(34-23)21-4-2-1-3-5-21)28-24-9-6-22(29-12-16-32-17-13-29)20-25(24)30-14-18-33-19-15-30/h1-7,9-10,20H,8,11-19H2,(H,28,31). The summed E-state index contributed by atoms with van der Waals surface area (Å²) < 4.78 is 17.0. The summed E-state index contributed by atoms with van der Waals surface area (Å²) in [4.78, 5) is 17.5. The summed E-state index contributed by atoms with van der Waals surface area (Å²) in [6, 6.07) is 20.2. The van der Waals surface area contributed by atoms with E-state index in [2.05, 4.69) is 27.2 Å². The Kier molecular flexibility index (Phi) is 7.12. The molecule has 2 aliphatic rings. The molecular weight excluding hydrogens is 430 g/mol. The first kappa shape index (κ1) is 22.5. The Morgan fingerprint density at radius 1 is 0.824 bits per heavy atom. The lowest BCUT2D eigenvalue weighted by Gasteiger charge is -2.33. The van der Waals surface area contributed by atoms with Crippen molar-refractivity contribution >= 4 is 23.0 Å². The van der Waals surface area contributed by atoms with Crippen LogP contribution in [-0.2, 0) is 20.7 Å². The van der Waals surface area contributed by atoms with E-state index in [1.54, 1.807) is 0 Å². The Balaban J connectivity index is 1.26. The van der Waals surface area contributed by atoms with Crippen molar-refractivity contribution < 1.29 is 18.7 Å². The predicted octanol–water partition coefficient (Wildman–Crippen LogP) is 4.19. The molecule has 34 heavy (non-hydrogen) atoms. The zero-order chi connectivity index (χ0) is 23.2. The molecule has 3 heterocycles. The van der Waals surface area contributed by atoms with Crippen LogP contribution < -0.4 is 15.1 Å². The highest BCUT2D eigenvalue weighted by Crippen LogP contribution is 2.32. The topological polar surface area (TPSA) is 67.2 Å². The number of amides is 1. The first-order chi connectivity index (χ1) is 16.8. The van der Waals surface area contributed by atoms with Crippen molar-refractivity contribution in [2.24, 2.45) is 0 Å². The minimum absolute atomic E-state index is 0.0220. The van der Waals surface area contributed by atoms with Gasteiger partial charge >= 0.3 is 0 Å². The van der Waals surface area contributed by atoms with Crippen LogP contribution in [0.1, 0.15) is 12.2 Å². The van der Waals surface area contributed by atoms with Gasteiger partial charge < -0.3 is 29.0 Å². The van der Waals surface area contributed by atoms with Gasteiger partial charge in [-0.2, -0.15) is 0 Å². The van der Waals surface area contributed by atoms with Gasteiger partial charge in [0.05, 0.1) is 37.8 Å². The van der Waals surface area contributed by atoms with Crippen molar-refractivity contribution in [1.29, 1.82) is 0 Å². The number of morpholine rings is 2. The molecule has 0 bridgehead atoms. The Morgan fingerprint density at radius 3 is 2.26 bits per heavy atom. The third kappa shape index (κ3) is 5.43. The van der Waals surface area contributed by atoms with Crippen LogP contribution in [0.5, 0.6) is 0 Å². The van der Waals surface area contributed by atoms with Crippen molar-refractivity contribution in [1.82, 2.24) is 0 Å². The molecule has 0 saturated carbocycles. The van der Waals surface area contributed by atoms with E-state index in [0.717, 1.165) is 73.5 Å². The number of hydrogen-bond donors (Lipinski definition) is 1. The number of carbonyl (C=O) groups is 1. The zero-order valence-corrected chi connectivity index (χ0v) is 19.4. The minimum atomic E-state index is -0.0220. The summed E-state index contributed by atoms with van der Waals surface area (Å²) in [6.07, 6.45) is 0.910. The molecule has 1 aromatic heterocycles. The van der Waals surface area contributed by atoms with E-state index < -0.39 is 0 Å². The smallest absolute Gasteiger partial charge is 0.224 e. The first-order valence-corrected chi connectivity index (χ1v) is 12.0. The number of hydrogen-bond acceptors (Lipinski definition) is 6. The molecule has 1 amide bonds. The van der Waals surface area contributed by atoms with E-state index >= 15 is 0 Å². The Morgan fingerprint density at radius 2 is 1.53 bits per heavy atom. The molecule has 2 aliphatic heterocycles. The van der Waals surface area contributed by atoms with Crippen molar-refractivity contribution in [2.45, 2.75) is 12.8 Å². The van der Waals surface area contributed by atoms with Crippen LogP contribution in [0, 0.1) is 0 Å². The lowest BCUT2D eigenvalue weighted by atomic mass is 10.1. The number of carbonyl (C=O) groups excluding carboxylic acids is 1. The molecule has 0 unspecified atom stereocenters. The van der Waals surface area contributed by atoms with Crippen LogP contribution in [0.25, 0.3) is 11.3 Å². The largest absolute Gasteiger partial charge is 0.461 e. The summed E-state index contributed by atoms with van der Waals surface area (Å²) in [5, 5.41) is 3.14. The number of benzene rings is 2. The number of anilines is 3. The number of nitrogens with zero attached hydrogens (tertiary/aromatic N) is 2. The summed E-state index contributed by atoms with van der Waals surface area (Å²) in [7, 11) is 0. The molecule has 7 heteroatoms. The SMILES string of the molecule is O=C(CCc1ccc(-c2ccccc2)o1)Nc1ccc(N2CCOCC2)cc1N1CCOCC1. The quantitative estimate of drug-likeness (QED) is 0.569. The van der Waals surface area contributed by atoms with E-state index in [0.29, 0.717) is 26.1 Å². The average molecular weight is 462 g/mol. The Labute approximate surface area is 200 Å². The van der Waals surface area contributed by atoms with Gasteiger partial charge in [-0.3, -0.25) is 4.79 Å². The number of furan rings is 1. The van der Waals surface area contributed by atoms with E-state index in [4.69, 9.17) is 13.9 Å². The molecule has 178 valence electrons. The van der Waals surface area contributed by atoms with Gasteiger partial charge in [0.15, 0.2) is 0 Å². The Bertz CT molecular complexity index is 1090. The fourth-order valence-electron chi connectivity index (χ4n) is 4.43. The van der Waals surface area contributed by atoms with Crippen LogP contribution in [0.15, 0.2) is 65.1 Å². The molecule has 0 aliphatic carbocycles. The maximum atomic E-state index is 12.9. The third-order valence-corrected chi connectivity index (χ3v) is 6.30. The second kappa shape index (κ2) is 10.8. The maximum absolute atomic E-state index is 12.9. The lowest BCUT2D eigenvalue weighted by Crippen LogP contribution is -2.38. The van der Waals surface area contributed by atoms with Crippen LogP contribution in [0.3, 0.4) is 0 Å². The highest BCUT2D eigenvalue weighted by Gasteiger charge is 2.20. The third-order valence-electron chi connectivity index (χ3n) is 6.30. The normalized spacial score (nSPS) is 16.5. The van der Waals surface area contributed by atoms with Gasteiger partial charge in [-0.25, -0.2) is 0 Å². The van der Waals surface area contributed by atoms with Crippen molar-refractivity contribution in [3.8, 4) is 11.3 Å². The van der Waals surface area contributed by atoms with Gasteiger partial charge in [-0.05, 0) is 30.3 Å². The predicted molar refractivity (Wildman–Crippen MR) is 134 cm³/mol. The average Bonchev–Trinajstić information content (AvgIpc) is 3.38. The van der Waals surface area contributed by atoms with Crippen LogP contribution in [-0.4, -0.2) is 58.5 Å². The molecule has 2 saturated heterocycles. The highest BCUT2D eigenvalue weighted by molar-refractivity contribution is 5.95. The number of aryl methyl sites for hydroxylation is 1. The van der Waals surface area contributed by atoms with Crippen molar-refractivity contribution in [3.63, 3.8) is 0 Å².